The SMILES string of the molecule is CNC1CCC(S(=O)c2ccc(Cl)c(Cl)c2)C1C. The van der Waals surface area contributed by atoms with Crippen molar-refractivity contribution in [2.24, 2.45) is 5.92 Å². The second kappa shape index (κ2) is 5.91. The van der Waals surface area contributed by atoms with Crippen molar-refractivity contribution >= 4 is 34.0 Å². The number of hydrogen-bond donors (Lipinski definition) is 1. The summed E-state index contributed by atoms with van der Waals surface area (Å²) in [6.07, 6.45) is 2.06. The molecule has 100 valence electrons. The predicted molar refractivity (Wildman–Crippen MR) is 77.9 cm³/mol. The summed E-state index contributed by atoms with van der Waals surface area (Å²) in [5.41, 5.74) is 0. The second-order valence-corrected chi connectivity index (χ2v) is 7.23. The minimum absolute atomic E-state index is 0.194. The molecule has 1 N–H and O–H groups in total. The average molecular weight is 306 g/mol. The van der Waals surface area contributed by atoms with Gasteiger partial charge in [0.2, 0.25) is 0 Å². The Morgan fingerprint density at radius 1 is 1.28 bits per heavy atom. The van der Waals surface area contributed by atoms with E-state index in [0.29, 0.717) is 22.0 Å². The number of nitrogens with one attached hydrogen (secondary N) is 1. The number of rotatable bonds is 3. The molecule has 0 spiro atoms. The fraction of sp³-hybridized carbons (Fsp3) is 0.538. The van der Waals surface area contributed by atoms with Gasteiger partial charge in [-0.3, -0.25) is 4.21 Å². The summed E-state index contributed by atoms with van der Waals surface area (Å²) < 4.78 is 12.6. The molecule has 0 aromatic heterocycles. The predicted octanol–water partition coefficient (Wildman–Crippen LogP) is 3.49. The normalized spacial score (nSPS) is 29.4. The molecule has 0 heterocycles. The molecule has 5 heteroatoms. The third kappa shape index (κ3) is 2.74. The molecule has 1 fully saturated rings. The van der Waals surface area contributed by atoms with Crippen LogP contribution < -0.4 is 5.32 Å². The largest absolute Gasteiger partial charge is 0.317 e. The lowest BCUT2D eigenvalue weighted by Crippen LogP contribution is -2.32. The van der Waals surface area contributed by atoms with Crippen molar-refractivity contribution in [1.82, 2.24) is 5.32 Å². The van der Waals surface area contributed by atoms with Gasteiger partial charge in [0.05, 0.1) is 20.8 Å². The van der Waals surface area contributed by atoms with Crippen molar-refractivity contribution in [1.29, 1.82) is 0 Å². The van der Waals surface area contributed by atoms with E-state index >= 15 is 0 Å². The average Bonchev–Trinajstić information content (AvgIpc) is 2.73. The summed E-state index contributed by atoms with van der Waals surface area (Å²) in [6, 6.07) is 5.71. The van der Waals surface area contributed by atoms with Gasteiger partial charge < -0.3 is 5.32 Å². The van der Waals surface area contributed by atoms with Crippen LogP contribution in [0.25, 0.3) is 0 Å². The zero-order valence-corrected chi connectivity index (χ0v) is 12.8. The van der Waals surface area contributed by atoms with Crippen molar-refractivity contribution in [3.8, 4) is 0 Å². The van der Waals surface area contributed by atoms with Gasteiger partial charge in [-0.1, -0.05) is 30.1 Å². The Morgan fingerprint density at radius 3 is 2.56 bits per heavy atom. The molecule has 4 atom stereocenters. The van der Waals surface area contributed by atoms with Gasteiger partial charge in [-0.15, -0.1) is 0 Å². The molecule has 1 aliphatic rings. The van der Waals surface area contributed by atoms with Gasteiger partial charge in [0.1, 0.15) is 0 Å². The molecule has 0 aliphatic heterocycles. The summed E-state index contributed by atoms with van der Waals surface area (Å²) in [6.45, 7) is 2.16. The van der Waals surface area contributed by atoms with Gasteiger partial charge in [0.25, 0.3) is 0 Å². The highest BCUT2D eigenvalue weighted by Crippen LogP contribution is 2.33. The molecule has 18 heavy (non-hydrogen) atoms. The van der Waals surface area contributed by atoms with E-state index in [2.05, 4.69) is 12.2 Å². The van der Waals surface area contributed by atoms with Gasteiger partial charge in [0.15, 0.2) is 0 Å². The topological polar surface area (TPSA) is 29.1 Å². The van der Waals surface area contributed by atoms with Crippen LogP contribution in [-0.2, 0) is 10.8 Å². The molecule has 1 saturated carbocycles. The van der Waals surface area contributed by atoms with Crippen LogP contribution in [0.15, 0.2) is 23.1 Å². The first kappa shape index (κ1) is 14.3. The molecule has 1 aliphatic carbocycles. The van der Waals surface area contributed by atoms with Crippen molar-refractivity contribution in [3.05, 3.63) is 28.2 Å². The molecule has 0 bridgehead atoms. The van der Waals surface area contributed by atoms with E-state index in [1.165, 1.54) is 0 Å². The molecule has 0 radical (unpaired) electrons. The van der Waals surface area contributed by atoms with Gasteiger partial charge in [-0.2, -0.15) is 0 Å². The van der Waals surface area contributed by atoms with Crippen LogP contribution in [-0.4, -0.2) is 22.5 Å². The van der Waals surface area contributed by atoms with E-state index in [-0.39, 0.29) is 5.25 Å². The second-order valence-electron chi connectivity index (χ2n) is 4.74. The summed E-state index contributed by atoms with van der Waals surface area (Å²) >= 11 is 11.9. The van der Waals surface area contributed by atoms with E-state index in [0.717, 1.165) is 17.7 Å². The van der Waals surface area contributed by atoms with Crippen LogP contribution in [0.5, 0.6) is 0 Å². The van der Waals surface area contributed by atoms with Gasteiger partial charge >= 0.3 is 0 Å². The highest BCUT2D eigenvalue weighted by atomic mass is 35.5. The maximum absolute atomic E-state index is 12.6. The quantitative estimate of drug-likeness (QED) is 0.926. The number of benzene rings is 1. The van der Waals surface area contributed by atoms with E-state index in [1.54, 1.807) is 12.1 Å². The first-order valence-corrected chi connectivity index (χ1v) is 8.04. The molecule has 2 nitrogen and oxygen atoms in total. The van der Waals surface area contributed by atoms with Crippen molar-refractivity contribution in [2.75, 3.05) is 7.05 Å². The minimum atomic E-state index is -1.01. The molecule has 0 saturated heterocycles. The highest BCUT2D eigenvalue weighted by Gasteiger charge is 2.36. The lowest BCUT2D eigenvalue weighted by atomic mass is 10.1. The summed E-state index contributed by atoms with van der Waals surface area (Å²) in [7, 11) is 0.951. The van der Waals surface area contributed by atoms with Crippen LogP contribution >= 0.6 is 23.2 Å². The minimum Gasteiger partial charge on any atom is -0.317 e. The van der Waals surface area contributed by atoms with Gasteiger partial charge in [-0.05, 0) is 44.0 Å². The zero-order chi connectivity index (χ0) is 13.3. The first-order valence-electron chi connectivity index (χ1n) is 6.07. The van der Waals surface area contributed by atoms with Gasteiger partial charge in [-0.25, -0.2) is 0 Å². The summed E-state index contributed by atoms with van der Waals surface area (Å²) in [5.74, 6) is 0.408. The van der Waals surface area contributed by atoms with E-state index < -0.39 is 10.8 Å². The van der Waals surface area contributed by atoms with Crippen LogP contribution in [0.1, 0.15) is 19.8 Å². The molecule has 2 rings (SSSR count). The number of hydrogen-bond acceptors (Lipinski definition) is 2. The lowest BCUT2D eigenvalue weighted by molar-refractivity contribution is 0.460. The standard InChI is InChI=1S/C13H17Cl2NOS/c1-8-12(16-2)5-6-13(8)18(17)9-3-4-10(14)11(15)7-9/h3-4,7-8,12-13,16H,5-6H2,1-2H3. The molecular formula is C13H17Cl2NOS. The highest BCUT2D eigenvalue weighted by molar-refractivity contribution is 7.85. The van der Waals surface area contributed by atoms with Crippen LogP contribution in [0.3, 0.4) is 0 Å². The van der Waals surface area contributed by atoms with Gasteiger partial charge in [0, 0.05) is 16.2 Å². The van der Waals surface area contributed by atoms with Crippen LogP contribution in [0.4, 0.5) is 0 Å². The van der Waals surface area contributed by atoms with E-state index in [4.69, 9.17) is 23.2 Å². The van der Waals surface area contributed by atoms with E-state index in [1.807, 2.05) is 13.1 Å². The molecular weight excluding hydrogens is 289 g/mol. The zero-order valence-electron chi connectivity index (χ0n) is 10.5. The Morgan fingerprint density at radius 2 is 2.00 bits per heavy atom. The third-order valence-electron chi connectivity index (χ3n) is 3.75. The lowest BCUT2D eigenvalue weighted by Gasteiger charge is -2.20. The van der Waals surface area contributed by atoms with Crippen LogP contribution in [0.2, 0.25) is 10.0 Å². The maximum atomic E-state index is 12.6. The van der Waals surface area contributed by atoms with E-state index in [9.17, 15) is 4.21 Å². The fourth-order valence-electron chi connectivity index (χ4n) is 2.61. The Bertz CT molecular complexity index is 466. The molecule has 1 aromatic rings. The summed E-state index contributed by atoms with van der Waals surface area (Å²) in [5, 5.41) is 4.46. The van der Waals surface area contributed by atoms with Crippen molar-refractivity contribution < 1.29 is 4.21 Å². The Kier molecular flexibility index (Phi) is 4.70. The fourth-order valence-corrected chi connectivity index (χ4v) is 4.69. The first-order chi connectivity index (χ1) is 8.54. The monoisotopic (exact) mass is 305 g/mol. The Hall–Kier alpha value is -0.0900. The smallest absolute Gasteiger partial charge is 0.0604 e. The number of halogens is 2. The maximum Gasteiger partial charge on any atom is 0.0604 e. The van der Waals surface area contributed by atoms with Crippen molar-refractivity contribution in [3.63, 3.8) is 0 Å². The molecule has 1 aromatic carbocycles. The molecule has 0 amide bonds. The van der Waals surface area contributed by atoms with Crippen molar-refractivity contribution in [2.45, 2.75) is 36.0 Å². The van der Waals surface area contributed by atoms with Crippen LogP contribution in [0, 0.1) is 5.92 Å². The third-order valence-corrected chi connectivity index (χ3v) is 6.42. The Labute approximate surface area is 121 Å². The molecule has 4 unspecified atom stereocenters. The Balaban J connectivity index is 2.19. The summed E-state index contributed by atoms with van der Waals surface area (Å²) in [4.78, 5) is 0.776.